The Hall–Kier alpha value is -1.36. The van der Waals surface area contributed by atoms with Gasteiger partial charge in [0.25, 0.3) is 0 Å². The number of nitrogens with one attached hydrogen (secondary N) is 2. The summed E-state index contributed by atoms with van der Waals surface area (Å²) in [6.45, 7) is 8.00. The molecule has 0 bridgehead atoms. The third-order valence-electron chi connectivity index (χ3n) is 3.54. The van der Waals surface area contributed by atoms with Gasteiger partial charge in [0.15, 0.2) is 0 Å². The Labute approximate surface area is 114 Å². The lowest BCUT2D eigenvalue weighted by atomic mass is 10.2. The monoisotopic (exact) mass is 264 g/mol. The van der Waals surface area contributed by atoms with Gasteiger partial charge in [0.05, 0.1) is 5.69 Å². The third-order valence-corrected chi connectivity index (χ3v) is 3.54. The molecule has 0 saturated heterocycles. The fourth-order valence-corrected chi connectivity index (χ4v) is 2.13. The Kier molecular flexibility index (Phi) is 4.58. The Morgan fingerprint density at radius 2 is 2.16 bits per heavy atom. The smallest absolute Gasteiger partial charge is 0.241 e. The fraction of sp³-hybridized carbons (Fsp3) is 0.714. The summed E-state index contributed by atoms with van der Waals surface area (Å²) >= 11 is 0. The van der Waals surface area contributed by atoms with Crippen LogP contribution in [0.15, 0.2) is 0 Å². The highest BCUT2D eigenvalue weighted by molar-refractivity contribution is 5.75. The van der Waals surface area contributed by atoms with Crippen LogP contribution >= 0.6 is 0 Å². The normalized spacial score (nSPS) is 14.7. The van der Waals surface area contributed by atoms with Gasteiger partial charge in [-0.2, -0.15) is 5.10 Å². The van der Waals surface area contributed by atoms with E-state index in [2.05, 4.69) is 15.7 Å². The van der Waals surface area contributed by atoms with Crippen molar-refractivity contribution in [1.29, 1.82) is 0 Å². The molecule has 1 aromatic heterocycles. The second-order valence-electron chi connectivity index (χ2n) is 5.31. The van der Waals surface area contributed by atoms with Crippen molar-refractivity contribution >= 4 is 5.91 Å². The number of rotatable bonds is 7. The molecule has 1 aliphatic carbocycles. The van der Waals surface area contributed by atoms with Gasteiger partial charge in [-0.15, -0.1) is 0 Å². The quantitative estimate of drug-likeness (QED) is 0.780. The molecule has 1 heterocycles. The maximum atomic E-state index is 11.7. The minimum Gasteiger partial charge on any atom is -0.355 e. The molecule has 1 aliphatic rings. The van der Waals surface area contributed by atoms with Crippen LogP contribution in [0.2, 0.25) is 0 Å². The van der Waals surface area contributed by atoms with Crippen LogP contribution in [0.4, 0.5) is 0 Å². The molecule has 5 nitrogen and oxygen atoms in total. The summed E-state index contributed by atoms with van der Waals surface area (Å²) in [5.41, 5.74) is 3.35. The van der Waals surface area contributed by atoms with Crippen LogP contribution in [-0.2, 0) is 17.9 Å². The molecule has 2 N–H and O–H groups in total. The van der Waals surface area contributed by atoms with Gasteiger partial charge in [-0.3, -0.25) is 9.48 Å². The van der Waals surface area contributed by atoms with Gasteiger partial charge in [-0.1, -0.05) is 6.92 Å². The molecule has 1 aromatic rings. The van der Waals surface area contributed by atoms with Crippen LogP contribution in [0.5, 0.6) is 0 Å². The van der Waals surface area contributed by atoms with Crippen LogP contribution in [0.3, 0.4) is 0 Å². The average Bonchev–Trinajstić information content (AvgIpc) is 3.15. The lowest BCUT2D eigenvalue weighted by molar-refractivity contribution is -0.121. The standard InChI is InChI=1S/C14H24N4O/c1-4-7-15-14(19)9-18-11(3)13(10(2)17-18)8-16-12-5-6-12/h12,16H,4-9H2,1-3H3,(H,15,19). The molecule has 1 fully saturated rings. The minimum atomic E-state index is 0.0363. The van der Waals surface area contributed by atoms with Gasteiger partial charge >= 0.3 is 0 Å². The first kappa shape index (κ1) is 14.1. The first-order valence-corrected chi connectivity index (χ1v) is 7.14. The van der Waals surface area contributed by atoms with Crippen molar-refractivity contribution in [3.8, 4) is 0 Å². The average molecular weight is 264 g/mol. The van der Waals surface area contributed by atoms with Gasteiger partial charge in [0, 0.05) is 30.4 Å². The van der Waals surface area contributed by atoms with Gasteiger partial charge in [-0.05, 0) is 33.1 Å². The molecule has 0 spiro atoms. The van der Waals surface area contributed by atoms with E-state index < -0.39 is 0 Å². The van der Waals surface area contributed by atoms with E-state index in [0.717, 1.165) is 30.9 Å². The van der Waals surface area contributed by atoms with Gasteiger partial charge < -0.3 is 10.6 Å². The second kappa shape index (κ2) is 6.19. The van der Waals surface area contributed by atoms with Crippen molar-refractivity contribution in [2.75, 3.05) is 6.54 Å². The molecule has 1 saturated carbocycles. The topological polar surface area (TPSA) is 59.0 Å². The van der Waals surface area contributed by atoms with Crippen molar-refractivity contribution in [2.45, 2.75) is 59.2 Å². The van der Waals surface area contributed by atoms with Crippen molar-refractivity contribution in [1.82, 2.24) is 20.4 Å². The highest BCUT2D eigenvalue weighted by atomic mass is 16.2. The molecule has 0 unspecified atom stereocenters. The highest BCUT2D eigenvalue weighted by Crippen LogP contribution is 2.20. The molecular formula is C14H24N4O. The van der Waals surface area contributed by atoms with Crippen LogP contribution in [0.25, 0.3) is 0 Å². The van der Waals surface area contributed by atoms with E-state index in [4.69, 9.17) is 0 Å². The summed E-state index contributed by atoms with van der Waals surface area (Å²) < 4.78 is 1.81. The highest BCUT2D eigenvalue weighted by Gasteiger charge is 2.22. The number of aromatic nitrogens is 2. The lowest BCUT2D eigenvalue weighted by Gasteiger charge is -2.07. The van der Waals surface area contributed by atoms with Crippen molar-refractivity contribution in [3.63, 3.8) is 0 Å². The molecule has 1 amide bonds. The first-order chi connectivity index (χ1) is 9.11. The number of amides is 1. The van der Waals surface area contributed by atoms with Crippen molar-refractivity contribution in [2.24, 2.45) is 0 Å². The molecule has 0 atom stereocenters. The third kappa shape index (κ3) is 3.80. The maximum Gasteiger partial charge on any atom is 0.241 e. The van der Waals surface area contributed by atoms with Crippen LogP contribution in [-0.4, -0.2) is 28.3 Å². The van der Waals surface area contributed by atoms with E-state index >= 15 is 0 Å². The van der Waals surface area contributed by atoms with E-state index in [9.17, 15) is 4.79 Å². The minimum absolute atomic E-state index is 0.0363. The van der Waals surface area contributed by atoms with E-state index in [1.54, 1.807) is 0 Å². The number of aryl methyl sites for hydroxylation is 1. The molecule has 0 aliphatic heterocycles. The number of carbonyl (C=O) groups excluding carboxylic acids is 1. The van der Waals surface area contributed by atoms with Crippen molar-refractivity contribution < 1.29 is 4.79 Å². The van der Waals surface area contributed by atoms with Gasteiger partial charge in [-0.25, -0.2) is 0 Å². The zero-order valence-electron chi connectivity index (χ0n) is 12.1. The zero-order chi connectivity index (χ0) is 13.8. The number of carbonyl (C=O) groups is 1. The first-order valence-electron chi connectivity index (χ1n) is 7.14. The molecule has 19 heavy (non-hydrogen) atoms. The number of nitrogens with zero attached hydrogens (tertiary/aromatic N) is 2. The summed E-state index contributed by atoms with van der Waals surface area (Å²) in [5, 5.41) is 10.9. The molecule has 2 rings (SSSR count). The molecule has 106 valence electrons. The Balaban J connectivity index is 1.96. The van der Waals surface area contributed by atoms with Crippen molar-refractivity contribution in [3.05, 3.63) is 17.0 Å². The number of hydrogen-bond donors (Lipinski definition) is 2. The summed E-state index contributed by atoms with van der Waals surface area (Å²) in [7, 11) is 0. The lowest BCUT2D eigenvalue weighted by Crippen LogP contribution is -2.29. The number of hydrogen-bond acceptors (Lipinski definition) is 3. The SMILES string of the molecule is CCCNC(=O)Cn1nc(C)c(CNC2CC2)c1C. The Morgan fingerprint density at radius 1 is 1.42 bits per heavy atom. The maximum absolute atomic E-state index is 11.7. The van der Waals surface area contributed by atoms with Crippen LogP contribution < -0.4 is 10.6 Å². The van der Waals surface area contributed by atoms with E-state index in [1.807, 2.05) is 25.5 Å². The van der Waals surface area contributed by atoms with E-state index in [0.29, 0.717) is 12.6 Å². The van der Waals surface area contributed by atoms with Gasteiger partial charge in [0.1, 0.15) is 6.54 Å². The largest absolute Gasteiger partial charge is 0.355 e. The molecular weight excluding hydrogens is 240 g/mol. The van der Waals surface area contributed by atoms with E-state index in [1.165, 1.54) is 18.4 Å². The summed E-state index contributed by atoms with van der Waals surface area (Å²) in [6.07, 6.45) is 3.52. The predicted octanol–water partition coefficient (Wildman–Crippen LogP) is 1.28. The zero-order valence-corrected chi connectivity index (χ0v) is 12.1. The Morgan fingerprint density at radius 3 is 2.79 bits per heavy atom. The predicted molar refractivity (Wildman–Crippen MR) is 74.9 cm³/mol. The fourth-order valence-electron chi connectivity index (χ4n) is 2.13. The molecule has 5 heteroatoms. The summed E-state index contributed by atoms with van der Waals surface area (Å²) in [5.74, 6) is 0.0363. The van der Waals surface area contributed by atoms with E-state index in [-0.39, 0.29) is 5.91 Å². The van der Waals surface area contributed by atoms with Crippen LogP contribution in [0, 0.1) is 13.8 Å². The molecule has 0 radical (unpaired) electrons. The Bertz CT molecular complexity index is 449. The van der Waals surface area contributed by atoms with Gasteiger partial charge in [0.2, 0.25) is 5.91 Å². The van der Waals surface area contributed by atoms with Crippen LogP contribution in [0.1, 0.15) is 43.1 Å². The second-order valence-corrected chi connectivity index (χ2v) is 5.31. The molecule has 0 aromatic carbocycles. The summed E-state index contributed by atoms with van der Waals surface area (Å²) in [4.78, 5) is 11.7. The summed E-state index contributed by atoms with van der Waals surface area (Å²) in [6, 6.07) is 0.690.